The Labute approximate surface area is 134 Å². The lowest BCUT2D eigenvalue weighted by molar-refractivity contribution is -0.146. The van der Waals surface area contributed by atoms with E-state index in [1.54, 1.807) is 11.0 Å². The number of fused-ring (bicyclic) bond motifs is 1. The number of hydrogen-bond acceptors (Lipinski definition) is 3. The molecule has 0 radical (unpaired) electrons. The molecule has 1 aromatic carbocycles. The van der Waals surface area contributed by atoms with Crippen LogP contribution in [0.4, 0.5) is 5.69 Å². The number of ether oxygens (including phenoxy) is 1. The third kappa shape index (κ3) is 1.89. The highest BCUT2D eigenvalue weighted by Gasteiger charge is 2.67. The first kappa shape index (κ1) is 14.5. The van der Waals surface area contributed by atoms with Crippen molar-refractivity contribution in [2.75, 3.05) is 11.4 Å². The minimum atomic E-state index is -0.961. The van der Waals surface area contributed by atoms with Gasteiger partial charge in [-0.1, -0.05) is 38.1 Å². The average molecular weight is 313 g/mol. The normalized spacial score (nSPS) is 34.5. The van der Waals surface area contributed by atoms with Gasteiger partial charge in [0.15, 0.2) is 0 Å². The molecule has 4 atom stereocenters. The second kappa shape index (κ2) is 4.68. The summed E-state index contributed by atoms with van der Waals surface area (Å²) >= 11 is 0. The van der Waals surface area contributed by atoms with Crippen LogP contribution < -0.4 is 4.90 Å². The molecule has 2 saturated heterocycles. The van der Waals surface area contributed by atoms with Crippen LogP contribution in [0, 0.1) is 11.8 Å². The third-order valence-electron chi connectivity index (χ3n) is 5.26. The molecule has 23 heavy (non-hydrogen) atoms. The number of hydrogen-bond donors (Lipinski definition) is 1. The van der Waals surface area contributed by atoms with Crippen LogP contribution in [0.1, 0.15) is 25.3 Å². The number of benzene rings is 1. The van der Waals surface area contributed by atoms with E-state index in [1.807, 2.05) is 30.3 Å². The van der Waals surface area contributed by atoms with E-state index in [4.69, 9.17) is 4.74 Å². The van der Waals surface area contributed by atoms with E-state index in [1.165, 1.54) is 5.56 Å². The van der Waals surface area contributed by atoms with E-state index in [0.717, 1.165) is 5.69 Å². The van der Waals surface area contributed by atoms with Gasteiger partial charge in [-0.25, -0.2) is 0 Å². The highest BCUT2D eigenvalue weighted by atomic mass is 16.5. The van der Waals surface area contributed by atoms with Crippen molar-refractivity contribution in [2.45, 2.75) is 31.5 Å². The maximum absolute atomic E-state index is 12.9. The molecular weight excluding hydrogens is 294 g/mol. The lowest BCUT2D eigenvalue weighted by atomic mass is 9.77. The summed E-state index contributed by atoms with van der Waals surface area (Å²) in [5.74, 6) is -2.10. The topological polar surface area (TPSA) is 66.8 Å². The number of carbonyl (C=O) groups is 2. The van der Waals surface area contributed by atoms with E-state index in [-0.39, 0.29) is 5.91 Å². The number of carboxylic acid groups (broad SMARTS) is 1. The number of anilines is 1. The number of rotatable bonds is 3. The van der Waals surface area contributed by atoms with Crippen molar-refractivity contribution in [3.05, 3.63) is 42.0 Å². The van der Waals surface area contributed by atoms with Crippen molar-refractivity contribution >= 4 is 17.6 Å². The minimum Gasteiger partial charge on any atom is -0.481 e. The maximum atomic E-state index is 12.9. The Morgan fingerprint density at radius 3 is 2.65 bits per heavy atom. The van der Waals surface area contributed by atoms with Crippen molar-refractivity contribution in [3.8, 4) is 0 Å². The molecule has 3 aliphatic rings. The zero-order valence-electron chi connectivity index (χ0n) is 13.1. The molecule has 0 aromatic heterocycles. The summed E-state index contributed by atoms with van der Waals surface area (Å²) in [4.78, 5) is 26.1. The van der Waals surface area contributed by atoms with Crippen LogP contribution in [-0.4, -0.2) is 35.2 Å². The van der Waals surface area contributed by atoms with Gasteiger partial charge in [0.1, 0.15) is 11.5 Å². The molecule has 5 nitrogen and oxygen atoms in total. The third-order valence-corrected chi connectivity index (χ3v) is 5.26. The monoisotopic (exact) mass is 313 g/mol. The van der Waals surface area contributed by atoms with Crippen molar-refractivity contribution in [1.82, 2.24) is 0 Å². The molecule has 4 rings (SSSR count). The van der Waals surface area contributed by atoms with Gasteiger partial charge in [-0.3, -0.25) is 9.59 Å². The predicted octanol–water partition coefficient (Wildman–Crippen LogP) is 2.18. The lowest BCUT2D eigenvalue weighted by Gasteiger charge is -2.21. The Kier molecular flexibility index (Phi) is 2.94. The summed E-state index contributed by atoms with van der Waals surface area (Å²) < 4.78 is 5.89. The number of carboxylic acids is 1. The van der Waals surface area contributed by atoms with Gasteiger partial charge in [-0.15, -0.1) is 0 Å². The molecule has 3 aliphatic heterocycles. The van der Waals surface area contributed by atoms with E-state index < -0.39 is 29.5 Å². The largest absolute Gasteiger partial charge is 0.481 e. The van der Waals surface area contributed by atoms with Crippen LogP contribution in [0.5, 0.6) is 0 Å². The molecule has 3 heterocycles. The van der Waals surface area contributed by atoms with E-state index in [9.17, 15) is 14.7 Å². The summed E-state index contributed by atoms with van der Waals surface area (Å²) in [6, 6.07) is 7.89. The fourth-order valence-electron chi connectivity index (χ4n) is 4.04. The summed E-state index contributed by atoms with van der Waals surface area (Å²) in [5, 5.41) is 9.47. The van der Waals surface area contributed by atoms with Gasteiger partial charge < -0.3 is 14.7 Å². The van der Waals surface area contributed by atoms with Crippen LogP contribution in [0.2, 0.25) is 0 Å². The Balaban J connectivity index is 1.67. The first-order valence-corrected chi connectivity index (χ1v) is 7.94. The molecule has 0 aliphatic carbocycles. The molecule has 0 saturated carbocycles. The predicted molar refractivity (Wildman–Crippen MR) is 84.2 cm³/mol. The molecule has 5 heteroatoms. The zero-order chi connectivity index (χ0) is 16.4. The minimum absolute atomic E-state index is 0.151. The number of amides is 1. The van der Waals surface area contributed by atoms with E-state index in [0.29, 0.717) is 12.5 Å². The molecule has 2 bridgehead atoms. The second-order valence-electron chi connectivity index (χ2n) is 6.91. The van der Waals surface area contributed by atoms with Crippen molar-refractivity contribution in [1.29, 1.82) is 0 Å². The molecule has 1 N–H and O–H groups in total. The quantitative estimate of drug-likeness (QED) is 0.869. The van der Waals surface area contributed by atoms with Gasteiger partial charge in [-0.2, -0.15) is 0 Å². The maximum Gasteiger partial charge on any atom is 0.310 e. The lowest BCUT2D eigenvalue weighted by Crippen LogP contribution is -2.39. The SMILES string of the molecule is CC(C)c1ccc(N2C[C@]34C=C[C@H](O3)[C@H](C(=O)O)[C@@H]4C2=O)cc1. The molecule has 1 amide bonds. The molecule has 1 aromatic rings. The van der Waals surface area contributed by atoms with Crippen LogP contribution >= 0.6 is 0 Å². The first-order valence-electron chi connectivity index (χ1n) is 7.94. The Morgan fingerprint density at radius 1 is 1.35 bits per heavy atom. The highest BCUT2D eigenvalue weighted by Crippen LogP contribution is 2.52. The number of carbonyl (C=O) groups excluding carboxylic acids is 1. The van der Waals surface area contributed by atoms with Crippen LogP contribution in [0.15, 0.2) is 36.4 Å². The summed E-state index contributed by atoms with van der Waals surface area (Å²) in [5.41, 5.74) is 1.23. The first-order chi connectivity index (χ1) is 10.9. The second-order valence-corrected chi connectivity index (χ2v) is 6.91. The fraction of sp³-hybridized carbons (Fsp3) is 0.444. The van der Waals surface area contributed by atoms with Gasteiger partial charge in [0.05, 0.1) is 18.6 Å². The summed E-state index contributed by atoms with van der Waals surface area (Å²) in [7, 11) is 0. The number of nitrogens with zero attached hydrogens (tertiary/aromatic N) is 1. The summed E-state index contributed by atoms with van der Waals surface area (Å²) in [6.45, 7) is 4.62. The molecule has 0 unspecified atom stereocenters. The Hall–Kier alpha value is -2.14. The van der Waals surface area contributed by atoms with Crippen molar-refractivity contribution in [2.24, 2.45) is 11.8 Å². The van der Waals surface area contributed by atoms with E-state index in [2.05, 4.69) is 13.8 Å². The Bertz CT molecular complexity index is 708. The van der Waals surface area contributed by atoms with Crippen LogP contribution in [0.25, 0.3) is 0 Å². The molecule has 120 valence electrons. The smallest absolute Gasteiger partial charge is 0.310 e. The molecular formula is C18H19NO4. The van der Waals surface area contributed by atoms with Crippen LogP contribution in [-0.2, 0) is 14.3 Å². The van der Waals surface area contributed by atoms with Crippen LogP contribution in [0.3, 0.4) is 0 Å². The number of aliphatic carboxylic acids is 1. The van der Waals surface area contributed by atoms with Gasteiger partial charge in [-0.05, 0) is 23.6 Å². The van der Waals surface area contributed by atoms with Gasteiger partial charge in [0, 0.05) is 5.69 Å². The van der Waals surface area contributed by atoms with E-state index >= 15 is 0 Å². The van der Waals surface area contributed by atoms with Crippen molar-refractivity contribution in [3.63, 3.8) is 0 Å². The van der Waals surface area contributed by atoms with Crippen molar-refractivity contribution < 1.29 is 19.4 Å². The molecule has 2 fully saturated rings. The van der Waals surface area contributed by atoms with Gasteiger partial charge in [0.2, 0.25) is 5.91 Å². The summed E-state index contributed by atoms with van der Waals surface area (Å²) in [6.07, 6.45) is 3.18. The Morgan fingerprint density at radius 2 is 2.04 bits per heavy atom. The van der Waals surface area contributed by atoms with Gasteiger partial charge in [0.25, 0.3) is 0 Å². The van der Waals surface area contributed by atoms with Gasteiger partial charge >= 0.3 is 5.97 Å². The molecule has 1 spiro atoms. The standard InChI is InChI=1S/C18H19NO4/c1-10(2)11-3-5-12(6-4-11)19-9-18-8-7-13(23-18)14(17(21)22)15(18)16(19)20/h3-8,10,13-15H,9H2,1-2H3,(H,21,22)/t13-,14-,15+,18-/m0/s1. The average Bonchev–Trinajstić information content (AvgIpc) is 3.15. The zero-order valence-corrected chi connectivity index (χ0v) is 13.1. The highest BCUT2D eigenvalue weighted by molar-refractivity contribution is 6.02. The fourth-order valence-corrected chi connectivity index (χ4v) is 4.04.